The van der Waals surface area contributed by atoms with Crippen molar-refractivity contribution in [2.75, 3.05) is 20.3 Å². The zero-order chi connectivity index (χ0) is 23.7. The molecule has 1 unspecified atom stereocenters. The van der Waals surface area contributed by atoms with E-state index < -0.39 is 0 Å². The smallest absolute Gasteiger partial charge is 0.171 e. The minimum atomic E-state index is -0.202. The maximum Gasteiger partial charge on any atom is 0.171 e. The number of aromatic nitrogens is 2. The molecule has 2 aliphatic rings. The molecule has 3 heterocycles. The summed E-state index contributed by atoms with van der Waals surface area (Å²) in [6.45, 7) is 5.26. The lowest BCUT2D eigenvalue weighted by atomic mass is 9.94. The Morgan fingerprint density at radius 2 is 2.06 bits per heavy atom. The number of methoxy groups -OCH3 is 1. The van der Waals surface area contributed by atoms with E-state index in [1.54, 1.807) is 25.6 Å². The van der Waals surface area contributed by atoms with Crippen LogP contribution >= 0.6 is 0 Å². The number of hydrogen-bond acceptors (Lipinski definition) is 5. The topological polar surface area (TPSA) is 51.9 Å². The van der Waals surface area contributed by atoms with Gasteiger partial charge in [0.15, 0.2) is 5.84 Å². The van der Waals surface area contributed by atoms with Gasteiger partial charge in [-0.25, -0.2) is 9.37 Å². The Balaban J connectivity index is 1.48. The minimum absolute atomic E-state index is 0.0285. The Morgan fingerprint density at radius 3 is 2.82 bits per heavy atom. The van der Waals surface area contributed by atoms with Crippen LogP contribution in [0.4, 0.5) is 4.39 Å². The van der Waals surface area contributed by atoms with Crippen molar-refractivity contribution in [1.82, 2.24) is 14.5 Å². The molecule has 2 aromatic carbocycles. The summed E-state index contributed by atoms with van der Waals surface area (Å²) in [6.07, 6.45) is 8.57. The second kappa shape index (κ2) is 9.33. The standard InChI is InChI=1S/C27H29FN4O2/c1-18-11-22(15-23(28)12-18)24-8-10-34-30-27-21(5-4-9-32(24)27)13-20-6-7-25(26(14-20)33-3)31-16-19(2)29-17-31/h6-7,11-17,24H,4-5,8-10H2,1-3H3/b21-13+. The summed E-state index contributed by atoms with van der Waals surface area (Å²) in [5.74, 6) is 1.40. The Bertz CT molecular complexity index is 1240. The fraction of sp³-hybridized carbons (Fsp3) is 0.333. The third kappa shape index (κ3) is 4.42. The number of aryl methyl sites for hydroxylation is 2. The first-order valence-electron chi connectivity index (χ1n) is 11.7. The largest absolute Gasteiger partial charge is 0.495 e. The van der Waals surface area contributed by atoms with Crippen LogP contribution in [0.25, 0.3) is 11.8 Å². The number of fused-ring (bicyclic) bond motifs is 1. The number of ether oxygens (including phenoxy) is 1. The van der Waals surface area contributed by atoms with Gasteiger partial charge in [0, 0.05) is 19.2 Å². The number of oxime groups is 1. The summed E-state index contributed by atoms with van der Waals surface area (Å²) in [4.78, 5) is 12.2. The molecule has 34 heavy (non-hydrogen) atoms. The lowest BCUT2D eigenvalue weighted by Crippen LogP contribution is -2.39. The Kier molecular flexibility index (Phi) is 6.09. The van der Waals surface area contributed by atoms with Gasteiger partial charge in [0.1, 0.15) is 18.2 Å². The van der Waals surface area contributed by atoms with Gasteiger partial charge in [-0.3, -0.25) is 0 Å². The molecule has 1 atom stereocenters. The van der Waals surface area contributed by atoms with Crippen LogP contribution in [0.15, 0.2) is 59.7 Å². The van der Waals surface area contributed by atoms with Crippen molar-refractivity contribution in [3.05, 3.63) is 82.7 Å². The Morgan fingerprint density at radius 1 is 1.18 bits per heavy atom. The number of imidazole rings is 1. The number of nitrogens with zero attached hydrogens (tertiary/aromatic N) is 4. The maximum absolute atomic E-state index is 14.2. The number of hydrogen-bond donors (Lipinski definition) is 0. The average Bonchev–Trinajstić information content (AvgIpc) is 3.12. The van der Waals surface area contributed by atoms with Gasteiger partial charge >= 0.3 is 0 Å². The highest BCUT2D eigenvalue weighted by atomic mass is 19.1. The number of halogens is 1. The van der Waals surface area contributed by atoms with Crippen molar-refractivity contribution < 1.29 is 14.0 Å². The van der Waals surface area contributed by atoms with Gasteiger partial charge in [-0.05, 0) is 79.3 Å². The highest BCUT2D eigenvalue weighted by Gasteiger charge is 2.31. The molecule has 0 N–H and O–H groups in total. The van der Waals surface area contributed by atoms with Crippen LogP contribution in [0.1, 0.15) is 47.7 Å². The molecule has 6 nitrogen and oxygen atoms in total. The van der Waals surface area contributed by atoms with E-state index in [0.29, 0.717) is 6.61 Å². The van der Waals surface area contributed by atoms with Crippen molar-refractivity contribution in [2.45, 2.75) is 39.2 Å². The lowest BCUT2D eigenvalue weighted by molar-refractivity contribution is 0.140. The van der Waals surface area contributed by atoms with Crippen LogP contribution in [-0.4, -0.2) is 40.5 Å². The molecular formula is C27H29FN4O2. The summed E-state index contributed by atoms with van der Waals surface area (Å²) in [6, 6.07) is 11.4. The van der Waals surface area contributed by atoms with E-state index in [9.17, 15) is 4.39 Å². The lowest BCUT2D eigenvalue weighted by Gasteiger charge is -2.36. The van der Waals surface area contributed by atoms with Crippen LogP contribution in [0.5, 0.6) is 5.75 Å². The van der Waals surface area contributed by atoms with Gasteiger partial charge in [-0.2, -0.15) is 0 Å². The van der Waals surface area contributed by atoms with Crippen molar-refractivity contribution in [2.24, 2.45) is 5.16 Å². The highest BCUT2D eigenvalue weighted by Crippen LogP contribution is 2.35. The molecule has 0 aliphatic carbocycles. The summed E-state index contributed by atoms with van der Waals surface area (Å²) >= 11 is 0. The van der Waals surface area contributed by atoms with Crippen LogP contribution < -0.4 is 4.74 Å². The van der Waals surface area contributed by atoms with Gasteiger partial charge in [-0.15, -0.1) is 0 Å². The molecule has 1 fully saturated rings. The first kappa shape index (κ1) is 22.2. The van der Waals surface area contributed by atoms with E-state index in [-0.39, 0.29) is 11.9 Å². The SMILES string of the molecule is COc1cc(/C=C2\CCCN3C2=NOCCC3c2cc(C)cc(F)c2)ccc1-n1cnc(C)c1. The Hall–Kier alpha value is -3.61. The number of benzene rings is 2. The van der Waals surface area contributed by atoms with Crippen molar-refractivity contribution in [1.29, 1.82) is 0 Å². The predicted molar refractivity (Wildman–Crippen MR) is 131 cm³/mol. The number of amidine groups is 1. The normalized spacial score (nSPS) is 19.3. The van der Waals surface area contributed by atoms with E-state index in [1.807, 2.05) is 36.7 Å². The van der Waals surface area contributed by atoms with Gasteiger partial charge in [0.25, 0.3) is 0 Å². The molecule has 3 aromatic rings. The fourth-order valence-corrected chi connectivity index (χ4v) is 4.88. The molecule has 0 spiro atoms. The van der Waals surface area contributed by atoms with Crippen LogP contribution in [0.2, 0.25) is 0 Å². The minimum Gasteiger partial charge on any atom is -0.495 e. The molecule has 0 bridgehead atoms. The summed E-state index contributed by atoms with van der Waals surface area (Å²) in [5, 5.41) is 4.49. The highest BCUT2D eigenvalue weighted by molar-refractivity contribution is 6.02. The fourth-order valence-electron chi connectivity index (χ4n) is 4.88. The molecule has 5 rings (SSSR count). The number of rotatable bonds is 4. The summed E-state index contributed by atoms with van der Waals surface area (Å²) < 4.78 is 21.8. The van der Waals surface area contributed by atoms with E-state index in [0.717, 1.165) is 71.0 Å². The zero-order valence-corrected chi connectivity index (χ0v) is 19.8. The molecule has 7 heteroatoms. The maximum atomic E-state index is 14.2. The third-order valence-electron chi connectivity index (χ3n) is 6.40. The van der Waals surface area contributed by atoms with E-state index in [4.69, 9.17) is 9.57 Å². The van der Waals surface area contributed by atoms with E-state index in [1.165, 1.54) is 0 Å². The molecule has 1 aromatic heterocycles. The number of piperidine rings is 1. The molecule has 1 saturated heterocycles. The molecule has 0 saturated carbocycles. The van der Waals surface area contributed by atoms with Gasteiger partial charge in [-0.1, -0.05) is 17.3 Å². The first-order chi connectivity index (χ1) is 16.5. The van der Waals surface area contributed by atoms with Crippen LogP contribution in [0, 0.1) is 19.7 Å². The monoisotopic (exact) mass is 460 g/mol. The second-order valence-corrected chi connectivity index (χ2v) is 8.93. The average molecular weight is 461 g/mol. The second-order valence-electron chi connectivity index (χ2n) is 8.93. The zero-order valence-electron chi connectivity index (χ0n) is 19.8. The summed E-state index contributed by atoms with van der Waals surface area (Å²) in [7, 11) is 1.68. The Labute approximate surface area is 199 Å². The van der Waals surface area contributed by atoms with Crippen LogP contribution in [0.3, 0.4) is 0 Å². The third-order valence-corrected chi connectivity index (χ3v) is 6.40. The first-order valence-corrected chi connectivity index (χ1v) is 11.7. The summed E-state index contributed by atoms with van der Waals surface area (Å²) in [5.41, 5.74) is 5.92. The molecule has 176 valence electrons. The quantitative estimate of drug-likeness (QED) is 0.509. The molecule has 0 amide bonds. The van der Waals surface area contributed by atoms with E-state index in [2.05, 4.69) is 33.2 Å². The van der Waals surface area contributed by atoms with Gasteiger partial charge < -0.3 is 19.0 Å². The van der Waals surface area contributed by atoms with Crippen molar-refractivity contribution >= 4 is 11.9 Å². The van der Waals surface area contributed by atoms with Gasteiger partial charge in [0.2, 0.25) is 0 Å². The van der Waals surface area contributed by atoms with E-state index >= 15 is 0 Å². The van der Waals surface area contributed by atoms with Crippen LogP contribution in [-0.2, 0) is 4.84 Å². The van der Waals surface area contributed by atoms with Crippen molar-refractivity contribution in [3.8, 4) is 11.4 Å². The molecular weight excluding hydrogens is 431 g/mol. The van der Waals surface area contributed by atoms with Gasteiger partial charge in [0.05, 0.1) is 30.9 Å². The molecule has 2 aliphatic heterocycles. The van der Waals surface area contributed by atoms with Crippen molar-refractivity contribution in [3.63, 3.8) is 0 Å². The molecule has 0 radical (unpaired) electrons. The predicted octanol–water partition coefficient (Wildman–Crippen LogP) is 5.59.